The normalized spacial score (nSPS) is 13.7. The summed E-state index contributed by atoms with van der Waals surface area (Å²) in [5, 5.41) is 0. The third-order valence-electron chi connectivity index (χ3n) is 16.2. The first-order valence-corrected chi connectivity index (χ1v) is 39.8. The fourth-order valence-electron chi connectivity index (χ4n) is 10.6. The standard InChI is InChI=1S/C83H142NO8P/c1-3-5-7-9-11-13-15-17-19-21-23-25-27-29-31-33-35-36-37-38-39-40-41-42-43-44-46-47-49-51-53-55-57-59-61-63-65-67-69-71-73-75-82(85)89-79-81(80-91-93(87,88)90-78-77-84)92-83(86)76-74-72-70-68-66-64-62-60-58-56-54-52-50-48-45-34-32-30-28-26-24-22-20-18-16-14-12-10-8-6-4-2/h6,8,12,14-15,17-18,20-21,23-24,26-27,29-30,32,45,48,52,54,58,60,64,66,81H,3-5,7,9-11,13,16,19,22,25,28,31,33-44,46-47,49-51,53,55-57,59,61-63,65,67-80,84H2,1-2H3,(H,87,88)/b8-6-,14-12-,17-15-,20-18-,23-21-,26-24-,29-27-,32-30-,48-45-,54-52-,60-58-,66-64-. The molecule has 0 radical (unpaired) electrons. The van der Waals surface area contributed by atoms with Crippen LogP contribution in [-0.4, -0.2) is 49.3 Å². The molecule has 0 amide bonds. The molecule has 0 spiro atoms. The highest BCUT2D eigenvalue weighted by Crippen LogP contribution is 2.43. The van der Waals surface area contributed by atoms with Gasteiger partial charge in [0.05, 0.1) is 13.2 Å². The van der Waals surface area contributed by atoms with Crippen LogP contribution in [0.1, 0.15) is 335 Å². The number of carbonyl (C=O) groups excluding carboxylic acids is 2. The van der Waals surface area contributed by atoms with Crippen LogP contribution in [0.3, 0.4) is 0 Å². The molecule has 0 aromatic heterocycles. The van der Waals surface area contributed by atoms with Gasteiger partial charge in [0, 0.05) is 19.4 Å². The quantitative estimate of drug-likeness (QED) is 0.0264. The van der Waals surface area contributed by atoms with Gasteiger partial charge in [-0.15, -0.1) is 0 Å². The van der Waals surface area contributed by atoms with E-state index in [-0.39, 0.29) is 38.6 Å². The molecule has 0 fully saturated rings. The average Bonchev–Trinajstić information content (AvgIpc) is 3.70. The fourth-order valence-corrected chi connectivity index (χ4v) is 11.3. The zero-order valence-corrected chi connectivity index (χ0v) is 60.8. The number of ether oxygens (including phenoxy) is 2. The number of hydrogen-bond donors (Lipinski definition) is 2. The van der Waals surface area contributed by atoms with Crippen LogP contribution in [0.15, 0.2) is 146 Å². The Kier molecular flexibility index (Phi) is 73.5. The molecule has 0 saturated carbocycles. The number of phosphoric ester groups is 1. The second-order valence-corrected chi connectivity index (χ2v) is 26.6. The minimum Gasteiger partial charge on any atom is -0.462 e. The topological polar surface area (TPSA) is 134 Å². The molecule has 0 saturated heterocycles. The van der Waals surface area contributed by atoms with E-state index in [1.54, 1.807) is 0 Å². The van der Waals surface area contributed by atoms with E-state index < -0.39 is 26.5 Å². The first-order valence-electron chi connectivity index (χ1n) is 38.3. The molecular weight excluding hydrogens is 1170 g/mol. The van der Waals surface area contributed by atoms with E-state index in [1.165, 1.54) is 193 Å². The van der Waals surface area contributed by atoms with Crippen LogP contribution in [0.25, 0.3) is 0 Å². The molecule has 0 bridgehead atoms. The zero-order valence-electron chi connectivity index (χ0n) is 59.9. The largest absolute Gasteiger partial charge is 0.472 e. The summed E-state index contributed by atoms with van der Waals surface area (Å²) >= 11 is 0. The SMILES string of the molecule is CC/C=C\C/C=C\C/C=C\C/C=C\C/C=C\C/C=C\C/C=C\C/C=C\C/C=C\CCCCCC(=O)OC(COC(=O)CCCCCCCCCCCCCCCCCCCCCCCCCCCC/C=C\C/C=C\C/C=C\CCCCCCC)COP(=O)(O)OCCN. The van der Waals surface area contributed by atoms with E-state index in [0.717, 1.165) is 109 Å². The van der Waals surface area contributed by atoms with Gasteiger partial charge in [0.2, 0.25) is 0 Å². The number of rotatable bonds is 71. The minimum absolute atomic E-state index is 0.0417. The van der Waals surface area contributed by atoms with E-state index >= 15 is 0 Å². The molecule has 0 aliphatic carbocycles. The molecule has 3 N–H and O–H groups in total. The monoisotopic (exact) mass is 1310 g/mol. The molecule has 2 atom stereocenters. The third kappa shape index (κ3) is 76.8. The van der Waals surface area contributed by atoms with Crippen molar-refractivity contribution in [2.45, 2.75) is 341 Å². The molecule has 0 heterocycles. The van der Waals surface area contributed by atoms with Crippen LogP contribution in [0.5, 0.6) is 0 Å². The number of hydrogen-bond acceptors (Lipinski definition) is 8. The van der Waals surface area contributed by atoms with Gasteiger partial charge in [-0.3, -0.25) is 18.6 Å². The maximum atomic E-state index is 12.8. The van der Waals surface area contributed by atoms with Crippen molar-refractivity contribution in [2.75, 3.05) is 26.4 Å². The highest BCUT2D eigenvalue weighted by Gasteiger charge is 2.26. The van der Waals surface area contributed by atoms with Crippen molar-refractivity contribution in [1.82, 2.24) is 0 Å². The number of carbonyl (C=O) groups is 2. The molecule has 532 valence electrons. The van der Waals surface area contributed by atoms with Gasteiger partial charge >= 0.3 is 19.8 Å². The Morgan fingerprint density at radius 3 is 0.892 bits per heavy atom. The van der Waals surface area contributed by atoms with Gasteiger partial charge in [-0.05, 0) is 122 Å². The summed E-state index contributed by atoms with van der Waals surface area (Å²) in [6.45, 7) is 3.60. The lowest BCUT2D eigenvalue weighted by Gasteiger charge is -2.19. The maximum Gasteiger partial charge on any atom is 0.472 e. The summed E-state index contributed by atoms with van der Waals surface area (Å²) in [6, 6.07) is 0. The van der Waals surface area contributed by atoms with E-state index in [4.69, 9.17) is 24.3 Å². The van der Waals surface area contributed by atoms with Crippen molar-refractivity contribution in [1.29, 1.82) is 0 Å². The van der Waals surface area contributed by atoms with E-state index in [2.05, 4.69) is 160 Å². The van der Waals surface area contributed by atoms with Crippen LogP contribution < -0.4 is 5.73 Å². The Bertz CT molecular complexity index is 2040. The van der Waals surface area contributed by atoms with Gasteiger partial charge < -0.3 is 20.1 Å². The summed E-state index contributed by atoms with van der Waals surface area (Å²) in [6.07, 6.45) is 111. The Balaban J connectivity index is 3.88. The number of esters is 2. The molecule has 0 aromatic carbocycles. The zero-order chi connectivity index (χ0) is 67.2. The van der Waals surface area contributed by atoms with Crippen LogP contribution in [0, 0.1) is 0 Å². The first kappa shape index (κ1) is 88.9. The molecule has 0 aliphatic rings. The number of allylic oxidation sites excluding steroid dienone is 24. The molecule has 0 aliphatic heterocycles. The molecular formula is C83H142NO8P. The van der Waals surface area contributed by atoms with Crippen molar-refractivity contribution in [2.24, 2.45) is 5.73 Å². The van der Waals surface area contributed by atoms with Crippen LogP contribution >= 0.6 is 7.82 Å². The summed E-state index contributed by atoms with van der Waals surface area (Å²) in [5.74, 6) is -0.864. The second-order valence-electron chi connectivity index (χ2n) is 25.1. The maximum absolute atomic E-state index is 12.8. The predicted molar refractivity (Wildman–Crippen MR) is 404 cm³/mol. The lowest BCUT2D eigenvalue weighted by atomic mass is 10.0. The van der Waals surface area contributed by atoms with Crippen molar-refractivity contribution in [3.63, 3.8) is 0 Å². The number of nitrogens with two attached hydrogens (primary N) is 1. The van der Waals surface area contributed by atoms with Crippen LogP contribution in [0.4, 0.5) is 0 Å². The Labute approximate surface area is 573 Å². The van der Waals surface area contributed by atoms with Crippen molar-refractivity contribution in [3.05, 3.63) is 146 Å². The summed E-state index contributed by atoms with van der Waals surface area (Å²) in [5.41, 5.74) is 5.40. The average molecular weight is 1310 g/mol. The first-order chi connectivity index (χ1) is 45.8. The number of unbranched alkanes of at least 4 members (excludes halogenated alkanes) is 34. The van der Waals surface area contributed by atoms with Crippen molar-refractivity contribution >= 4 is 19.8 Å². The molecule has 0 aromatic rings. The summed E-state index contributed by atoms with van der Waals surface area (Å²) in [7, 11) is -4.41. The van der Waals surface area contributed by atoms with Crippen LogP contribution in [0.2, 0.25) is 0 Å². The summed E-state index contributed by atoms with van der Waals surface area (Å²) in [4.78, 5) is 35.4. The number of phosphoric acid groups is 1. The third-order valence-corrected chi connectivity index (χ3v) is 17.2. The fraction of sp³-hybridized carbons (Fsp3) is 0.687. The Morgan fingerprint density at radius 1 is 0.333 bits per heavy atom. The van der Waals surface area contributed by atoms with Crippen LogP contribution in [-0.2, 0) is 32.7 Å². The van der Waals surface area contributed by atoms with Gasteiger partial charge in [0.1, 0.15) is 6.61 Å². The molecule has 10 heteroatoms. The van der Waals surface area contributed by atoms with E-state index in [9.17, 15) is 19.0 Å². The van der Waals surface area contributed by atoms with E-state index in [1.807, 2.05) is 0 Å². The Morgan fingerprint density at radius 2 is 0.591 bits per heavy atom. The van der Waals surface area contributed by atoms with Crippen molar-refractivity contribution in [3.8, 4) is 0 Å². The highest BCUT2D eigenvalue weighted by atomic mass is 31.2. The Hall–Kier alpha value is -4.11. The van der Waals surface area contributed by atoms with Gasteiger partial charge in [0.25, 0.3) is 0 Å². The smallest absolute Gasteiger partial charge is 0.462 e. The molecule has 2 unspecified atom stereocenters. The van der Waals surface area contributed by atoms with Gasteiger partial charge in [0.15, 0.2) is 6.10 Å². The summed E-state index contributed by atoms with van der Waals surface area (Å²) < 4.78 is 33.2. The van der Waals surface area contributed by atoms with Gasteiger partial charge in [-0.2, -0.15) is 0 Å². The van der Waals surface area contributed by atoms with Gasteiger partial charge in [-0.1, -0.05) is 346 Å². The molecule has 0 rings (SSSR count). The minimum atomic E-state index is -4.41. The molecule has 93 heavy (non-hydrogen) atoms. The van der Waals surface area contributed by atoms with E-state index in [0.29, 0.717) is 6.42 Å². The van der Waals surface area contributed by atoms with Crippen molar-refractivity contribution < 1.29 is 37.6 Å². The second kappa shape index (κ2) is 76.9. The highest BCUT2D eigenvalue weighted by molar-refractivity contribution is 7.47. The molecule has 9 nitrogen and oxygen atoms in total. The lowest BCUT2D eigenvalue weighted by molar-refractivity contribution is -0.161. The lowest BCUT2D eigenvalue weighted by Crippen LogP contribution is -2.29. The van der Waals surface area contributed by atoms with Gasteiger partial charge in [-0.25, -0.2) is 4.57 Å². The predicted octanol–water partition coefficient (Wildman–Crippen LogP) is 25.8.